The highest BCUT2D eigenvalue weighted by atomic mass is 35.5. The average Bonchev–Trinajstić information content (AvgIpc) is 3.39. The molecule has 0 amide bonds. The average molecular weight is 515 g/mol. The fourth-order valence-electron chi connectivity index (χ4n) is 4.54. The van der Waals surface area contributed by atoms with Crippen LogP contribution in [0.3, 0.4) is 0 Å². The predicted molar refractivity (Wildman–Crippen MR) is 158 cm³/mol. The summed E-state index contributed by atoms with van der Waals surface area (Å²) in [5.74, 6) is 8.83. The van der Waals surface area contributed by atoms with Gasteiger partial charge < -0.3 is 5.11 Å². The van der Waals surface area contributed by atoms with Gasteiger partial charge in [0.25, 0.3) is 0 Å². The summed E-state index contributed by atoms with van der Waals surface area (Å²) in [6.45, 7) is 17.5. The molecule has 1 aliphatic carbocycles. The molecule has 3 rings (SSSR count). The number of hydrogen-bond donors (Lipinski definition) is 1. The predicted octanol–water partition coefficient (Wildman–Crippen LogP) is 9.97. The van der Waals surface area contributed by atoms with Crippen molar-refractivity contribution in [2.75, 3.05) is 6.61 Å². The fraction of sp³-hybridized carbons (Fsp3) is 0.562. The highest BCUT2D eigenvalue weighted by molar-refractivity contribution is 7.13. The van der Waals surface area contributed by atoms with Gasteiger partial charge in [0.1, 0.15) is 0 Å². The molecule has 3 unspecified atom stereocenters. The van der Waals surface area contributed by atoms with Crippen LogP contribution in [0.1, 0.15) is 101 Å². The van der Waals surface area contributed by atoms with E-state index in [1.165, 1.54) is 52.1 Å². The molecule has 2 aromatic rings. The van der Waals surface area contributed by atoms with Crippen molar-refractivity contribution in [3.05, 3.63) is 61.8 Å². The van der Waals surface area contributed by atoms with Crippen molar-refractivity contribution < 1.29 is 5.11 Å². The summed E-state index contributed by atoms with van der Waals surface area (Å²) in [5.41, 5.74) is 5.01. The Morgan fingerprint density at radius 2 is 1.83 bits per heavy atom. The Labute approximate surface area is 225 Å². The first-order chi connectivity index (χ1) is 16.7. The summed E-state index contributed by atoms with van der Waals surface area (Å²) >= 11 is 7.93. The van der Waals surface area contributed by atoms with Gasteiger partial charge in [-0.15, -0.1) is 11.3 Å². The largest absolute Gasteiger partial charge is 0.396 e. The molecule has 0 radical (unpaired) electrons. The molecule has 1 aromatic heterocycles. The van der Waals surface area contributed by atoms with Gasteiger partial charge in [0.2, 0.25) is 0 Å². The topological polar surface area (TPSA) is 20.2 Å². The van der Waals surface area contributed by atoms with E-state index in [0.717, 1.165) is 35.3 Å². The van der Waals surface area contributed by atoms with Gasteiger partial charge in [-0.1, -0.05) is 70.1 Å². The Kier molecular flexibility index (Phi) is 15.3. The molecular formula is C32H47ClOS. The fourth-order valence-corrected chi connectivity index (χ4v) is 6.12. The van der Waals surface area contributed by atoms with Gasteiger partial charge >= 0.3 is 0 Å². The number of rotatable bonds is 6. The lowest BCUT2D eigenvalue weighted by Gasteiger charge is -2.06. The molecule has 1 fully saturated rings. The number of thiophene rings is 1. The molecular weight excluding hydrogens is 468 g/mol. The molecule has 0 saturated heterocycles. The van der Waals surface area contributed by atoms with E-state index in [9.17, 15) is 0 Å². The summed E-state index contributed by atoms with van der Waals surface area (Å²) in [7, 11) is 0. The zero-order valence-electron chi connectivity index (χ0n) is 23.3. The van der Waals surface area contributed by atoms with E-state index in [1.54, 1.807) is 0 Å². The number of aliphatic hydroxyl groups is 1. The molecule has 0 spiro atoms. The molecule has 1 aromatic carbocycles. The lowest BCUT2D eigenvalue weighted by Crippen LogP contribution is -1.99. The zero-order valence-corrected chi connectivity index (χ0v) is 24.9. The van der Waals surface area contributed by atoms with Gasteiger partial charge in [-0.2, -0.15) is 0 Å². The van der Waals surface area contributed by atoms with E-state index < -0.39 is 0 Å². The van der Waals surface area contributed by atoms with Crippen LogP contribution in [0.25, 0.3) is 5.57 Å². The minimum atomic E-state index is 0.282. The third-order valence-electron chi connectivity index (χ3n) is 6.21. The second-order valence-electron chi connectivity index (χ2n) is 9.77. The van der Waals surface area contributed by atoms with Crippen LogP contribution in [0.4, 0.5) is 0 Å². The van der Waals surface area contributed by atoms with Crippen molar-refractivity contribution in [3.63, 3.8) is 0 Å². The molecule has 3 atom stereocenters. The quantitative estimate of drug-likeness (QED) is 0.380. The van der Waals surface area contributed by atoms with Crippen molar-refractivity contribution in [1.82, 2.24) is 0 Å². The second kappa shape index (κ2) is 17.0. The van der Waals surface area contributed by atoms with Crippen LogP contribution in [0.15, 0.2) is 35.9 Å². The van der Waals surface area contributed by atoms with E-state index in [1.807, 2.05) is 37.3 Å². The van der Waals surface area contributed by atoms with Gasteiger partial charge in [-0.25, -0.2) is 0 Å². The molecule has 1 N–H and O–H groups in total. The van der Waals surface area contributed by atoms with Crippen molar-refractivity contribution in [2.45, 2.75) is 93.9 Å². The monoisotopic (exact) mass is 514 g/mol. The number of hydrogen-bond acceptors (Lipinski definition) is 2. The molecule has 3 heteroatoms. The van der Waals surface area contributed by atoms with Gasteiger partial charge in [-0.05, 0) is 106 Å². The molecule has 0 bridgehead atoms. The summed E-state index contributed by atoms with van der Waals surface area (Å²) in [4.78, 5) is 2.86. The Bertz CT molecular complexity index is 951. The minimum Gasteiger partial charge on any atom is -0.396 e. The van der Waals surface area contributed by atoms with Crippen LogP contribution in [-0.4, -0.2) is 11.7 Å². The summed E-state index contributed by atoms with van der Waals surface area (Å²) < 4.78 is 0. The molecule has 1 nitrogen and oxygen atoms in total. The smallest absolute Gasteiger partial charge is 0.0434 e. The van der Waals surface area contributed by atoms with E-state index in [2.05, 4.69) is 71.6 Å². The molecule has 35 heavy (non-hydrogen) atoms. The third-order valence-corrected chi connectivity index (χ3v) is 7.63. The Morgan fingerprint density at radius 1 is 1.11 bits per heavy atom. The van der Waals surface area contributed by atoms with Gasteiger partial charge in [0.15, 0.2) is 0 Å². The van der Waals surface area contributed by atoms with Crippen LogP contribution in [0.5, 0.6) is 0 Å². The van der Waals surface area contributed by atoms with Crippen LogP contribution in [0.2, 0.25) is 5.02 Å². The van der Waals surface area contributed by atoms with Crippen molar-refractivity contribution in [1.29, 1.82) is 0 Å². The number of benzene rings is 1. The molecule has 1 saturated carbocycles. The van der Waals surface area contributed by atoms with E-state index in [4.69, 9.17) is 16.7 Å². The lowest BCUT2D eigenvalue weighted by molar-refractivity contribution is 0.290. The molecule has 194 valence electrons. The highest BCUT2D eigenvalue weighted by Gasteiger charge is 2.26. The van der Waals surface area contributed by atoms with Crippen molar-refractivity contribution in [2.24, 2.45) is 17.8 Å². The van der Waals surface area contributed by atoms with Crippen molar-refractivity contribution >= 4 is 28.5 Å². The van der Waals surface area contributed by atoms with Crippen LogP contribution < -0.4 is 0 Å². The summed E-state index contributed by atoms with van der Waals surface area (Å²) in [6.07, 6.45) is 6.80. The van der Waals surface area contributed by atoms with E-state index in [-0.39, 0.29) is 6.61 Å². The first kappa shape index (κ1) is 31.5. The Morgan fingerprint density at radius 3 is 2.37 bits per heavy atom. The maximum absolute atomic E-state index is 8.91. The Hall–Kier alpha value is -1.53. The Balaban J connectivity index is 0.000000328. The first-order valence-electron chi connectivity index (χ1n) is 13.4. The number of aryl methyl sites for hydroxylation is 2. The van der Waals surface area contributed by atoms with Crippen molar-refractivity contribution in [3.8, 4) is 11.8 Å². The standard InChI is InChI=1S/C16H19Cl.C14H22OS.C2H6/c1-11-6-13(3)15(8-11)5-4-14-7-12(2)9-16(17)10-14;1-4-6-12-8-9-14(16-12)13(11(2)3)7-5-10-15;1-2/h7,9-11,13,15H,6,8H2,1-3H3;8-9,15H,4-7,10H2,1-3H3;1-2H3. The lowest BCUT2D eigenvalue weighted by atomic mass is 9.98. The van der Waals surface area contributed by atoms with Crippen LogP contribution >= 0.6 is 22.9 Å². The van der Waals surface area contributed by atoms with Gasteiger partial charge in [0, 0.05) is 32.9 Å². The molecule has 1 aliphatic rings. The second-order valence-corrected chi connectivity index (χ2v) is 11.4. The van der Waals surface area contributed by atoms with Gasteiger partial charge in [-0.3, -0.25) is 0 Å². The zero-order chi connectivity index (χ0) is 26.4. The maximum Gasteiger partial charge on any atom is 0.0434 e. The number of aliphatic hydroxyl groups excluding tert-OH is 1. The van der Waals surface area contributed by atoms with Crippen LogP contribution in [-0.2, 0) is 6.42 Å². The van der Waals surface area contributed by atoms with Gasteiger partial charge in [0.05, 0.1) is 0 Å². The highest BCUT2D eigenvalue weighted by Crippen LogP contribution is 2.35. The minimum absolute atomic E-state index is 0.282. The SMILES string of the molecule is CC.CCCc1ccc(C(CCCO)=C(C)C)s1.Cc1cc(Cl)cc(C#CC2CC(C)CC2C)c1. The normalized spacial score (nSPS) is 18.4. The summed E-state index contributed by atoms with van der Waals surface area (Å²) in [6, 6.07) is 10.5. The number of halogens is 1. The third kappa shape index (κ3) is 11.4. The number of allylic oxidation sites excluding steroid dienone is 2. The first-order valence-corrected chi connectivity index (χ1v) is 14.6. The maximum atomic E-state index is 8.91. The van der Waals surface area contributed by atoms with E-state index in [0.29, 0.717) is 5.92 Å². The molecule has 0 aliphatic heterocycles. The summed E-state index contributed by atoms with van der Waals surface area (Å²) in [5, 5.41) is 9.69. The van der Waals surface area contributed by atoms with Crippen LogP contribution in [0, 0.1) is 36.5 Å². The van der Waals surface area contributed by atoms with E-state index >= 15 is 0 Å². The molecule has 1 heterocycles.